The number of hydrogen-bond donors (Lipinski definition) is 3. The summed E-state index contributed by atoms with van der Waals surface area (Å²) in [7, 11) is 0. The molecule has 0 spiro atoms. The molecule has 4 rings (SSSR count). The molecule has 0 bridgehead atoms. The molecule has 4 aromatic rings. The molecular formula is C27H26N4O3S. The maximum Gasteiger partial charge on any atom is 0.264 e. The van der Waals surface area contributed by atoms with Crippen LogP contribution in [0.25, 0.3) is 0 Å². The molecule has 0 fully saturated rings. The van der Waals surface area contributed by atoms with Crippen molar-refractivity contribution in [3.8, 4) is 5.75 Å². The molecule has 0 saturated heterocycles. The van der Waals surface area contributed by atoms with E-state index in [2.05, 4.69) is 15.6 Å². The van der Waals surface area contributed by atoms with Crippen molar-refractivity contribution in [2.75, 3.05) is 5.32 Å². The molecule has 2 amide bonds. The quantitative estimate of drug-likeness (QED) is 0.321. The Morgan fingerprint density at radius 2 is 1.74 bits per heavy atom. The molecule has 178 valence electrons. The van der Waals surface area contributed by atoms with Crippen LogP contribution in [0.5, 0.6) is 5.75 Å². The first kappa shape index (κ1) is 24.1. The van der Waals surface area contributed by atoms with E-state index in [0.717, 1.165) is 11.1 Å². The molecule has 1 heterocycles. The van der Waals surface area contributed by atoms with Crippen LogP contribution < -0.4 is 21.1 Å². The third-order valence-electron chi connectivity index (χ3n) is 5.38. The molecule has 4 N–H and O–H groups in total. The highest BCUT2D eigenvalue weighted by Crippen LogP contribution is 2.23. The number of thiazole rings is 1. The van der Waals surface area contributed by atoms with Crippen molar-refractivity contribution < 1.29 is 14.3 Å². The Morgan fingerprint density at radius 3 is 2.43 bits per heavy atom. The second kappa shape index (κ2) is 11.4. The van der Waals surface area contributed by atoms with Crippen LogP contribution in [-0.4, -0.2) is 16.8 Å². The minimum Gasteiger partial charge on any atom is -0.489 e. The number of amides is 2. The summed E-state index contributed by atoms with van der Waals surface area (Å²) >= 11 is 1.23. The molecule has 0 unspecified atom stereocenters. The van der Waals surface area contributed by atoms with Crippen LogP contribution in [0.15, 0.2) is 84.4 Å². The predicted octanol–water partition coefficient (Wildman–Crippen LogP) is 4.60. The summed E-state index contributed by atoms with van der Waals surface area (Å²) in [6, 6.07) is 23.4. The standard InChI is InChI=1S/C27H26N4O3S/c1-18-25(35-17-29-18)27(33)31-24(26(32)30-22-9-5-8-20(14-22)15-28)21-10-12-23(13-11-21)34-16-19-6-3-2-4-7-19/h2-14,17,24H,15-16,28H2,1H3,(H,30,32)(H,31,33)/t24-/m0/s1. The highest BCUT2D eigenvalue weighted by atomic mass is 32.1. The SMILES string of the molecule is Cc1ncsc1C(=O)N[C@H](C(=O)Nc1cccc(CN)c1)c1ccc(OCc2ccccc2)cc1. The van der Waals surface area contributed by atoms with E-state index < -0.39 is 6.04 Å². The summed E-state index contributed by atoms with van der Waals surface area (Å²) in [5, 5.41) is 5.75. The number of aryl methyl sites for hydroxylation is 1. The molecule has 1 atom stereocenters. The first-order valence-corrected chi connectivity index (χ1v) is 12.0. The van der Waals surface area contributed by atoms with Crippen LogP contribution in [-0.2, 0) is 17.9 Å². The normalized spacial score (nSPS) is 11.5. The molecule has 0 radical (unpaired) electrons. The molecule has 0 aliphatic heterocycles. The second-order valence-corrected chi connectivity index (χ2v) is 8.77. The maximum absolute atomic E-state index is 13.3. The van der Waals surface area contributed by atoms with Crippen LogP contribution in [0.2, 0.25) is 0 Å². The summed E-state index contributed by atoms with van der Waals surface area (Å²) in [5.74, 6) is -0.0602. The zero-order valence-electron chi connectivity index (χ0n) is 19.2. The van der Waals surface area contributed by atoms with Gasteiger partial charge < -0.3 is 21.1 Å². The number of ether oxygens (including phenoxy) is 1. The third-order valence-corrected chi connectivity index (χ3v) is 6.31. The molecule has 3 aromatic carbocycles. The lowest BCUT2D eigenvalue weighted by molar-refractivity contribution is -0.118. The summed E-state index contributed by atoms with van der Waals surface area (Å²) in [6.45, 7) is 2.56. The van der Waals surface area contributed by atoms with Gasteiger partial charge in [0.1, 0.15) is 23.3 Å². The van der Waals surface area contributed by atoms with Gasteiger partial charge in [-0.25, -0.2) is 4.98 Å². The summed E-state index contributed by atoms with van der Waals surface area (Å²) in [4.78, 5) is 30.8. The molecule has 0 aliphatic rings. The molecule has 1 aromatic heterocycles. The first-order valence-electron chi connectivity index (χ1n) is 11.1. The van der Waals surface area contributed by atoms with Crippen LogP contribution in [0.3, 0.4) is 0 Å². The number of carbonyl (C=O) groups is 2. The second-order valence-electron chi connectivity index (χ2n) is 7.91. The van der Waals surface area contributed by atoms with Gasteiger partial charge in [0.2, 0.25) is 0 Å². The average molecular weight is 487 g/mol. The van der Waals surface area contributed by atoms with Gasteiger partial charge in [0, 0.05) is 12.2 Å². The van der Waals surface area contributed by atoms with Gasteiger partial charge in [-0.2, -0.15) is 0 Å². The Labute approximate surface area is 208 Å². The van der Waals surface area contributed by atoms with E-state index in [1.54, 1.807) is 42.8 Å². The maximum atomic E-state index is 13.3. The number of aromatic nitrogens is 1. The Hall–Kier alpha value is -4.01. The number of nitrogens with two attached hydrogens (primary N) is 1. The van der Waals surface area contributed by atoms with Crippen molar-refractivity contribution in [3.05, 3.63) is 112 Å². The molecule has 0 aliphatic carbocycles. The van der Waals surface area contributed by atoms with Crippen molar-refractivity contribution >= 4 is 28.8 Å². The first-order chi connectivity index (χ1) is 17.0. The van der Waals surface area contributed by atoms with Gasteiger partial charge in [0.15, 0.2) is 0 Å². The van der Waals surface area contributed by atoms with Crippen molar-refractivity contribution in [1.29, 1.82) is 0 Å². The van der Waals surface area contributed by atoms with E-state index >= 15 is 0 Å². The molecule has 8 heteroatoms. The van der Waals surface area contributed by atoms with Gasteiger partial charge in [0.05, 0.1) is 11.2 Å². The molecular weight excluding hydrogens is 460 g/mol. The Morgan fingerprint density at radius 1 is 1.00 bits per heavy atom. The largest absolute Gasteiger partial charge is 0.489 e. The van der Waals surface area contributed by atoms with E-state index in [1.165, 1.54) is 11.3 Å². The highest BCUT2D eigenvalue weighted by molar-refractivity contribution is 7.11. The van der Waals surface area contributed by atoms with E-state index in [4.69, 9.17) is 10.5 Å². The van der Waals surface area contributed by atoms with E-state index in [9.17, 15) is 9.59 Å². The van der Waals surface area contributed by atoms with E-state index in [0.29, 0.717) is 40.7 Å². The van der Waals surface area contributed by atoms with E-state index in [1.807, 2.05) is 48.5 Å². The molecule has 35 heavy (non-hydrogen) atoms. The lowest BCUT2D eigenvalue weighted by atomic mass is 10.0. The van der Waals surface area contributed by atoms with Gasteiger partial charge >= 0.3 is 0 Å². The number of anilines is 1. The van der Waals surface area contributed by atoms with Crippen molar-refractivity contribution in [1.82, 2.24) is 10.3 Å². The monoisotopic (exact) mass is 486 g/mol. The van der Waals surface area contributed by atoms with Crippen LogP contribution in [0.1, 0.15) is 38.1 Å². The summed E-state index contributed by atoms with van der Waals surface area (Å²) in [5.41, 5.74) is 11.1. The van der Waals surface area contributed by atoms with Gasteiger partial charge in [-0.05, 0) is 47.9 Å². The molecule has 0 saturated carbocycles. The lowest BCUT2D eigenvalue weighted by Crippen LogP contribution is -2.37. The number of rotatable bonds is 9. The Balaban J connectivity index is 1.53. The zero-order valence-corrected chi connectivity index (χ0v) is 20.0. The summed E-state index contributed by atoms with van der Waals surface area (Å²) in [6.07, 6.45) is 0. The van der Waals surface area contributed by atoms with Gasteiger partial charge in [-0.15, -0.1) is 11.3 Å². The van der Waals surface area contributed by atoms with Crippen LogP contribution in [0, 0.1) is 6.92 Å². The number of hydrogen-bond acceptors (Lipinski definition) is 6. The Kier molecular flexibility index (Phi) is 7.87. The average Bonchev–Trinajstić information content (AvgIpc) is 3.33. The van der Waals surface area contributed by atoms with Gasteiger partial charge in [0.25, 0.3) is 11.8 Å². The van der Waals surface area contributed by atoms with Crippen molar-refractivity contribution in [3.63, 3.8) is 0 Å². The molecule has 7 nitrogen and oxygen atoms in total. The van der Waals surface area contributed by atoms with Gasteiger partial charge in [-0.1, -0.05) is 54.6 Å². The summed E-state index contributed by atoms with van der Waals surface area (Å²) < 4.78 is 5.86. The van der Waals surface area contributed by atoms with Crippen molar-refractivity contribution in [2.45, 2.75) is 26.1 Å². The third kappa shape index (κ3) is 6.32. The predicted molar refractivity (Wildman–Crippen MR) is 137 cm³/mol. The number of carbonyl (C=O) groups excluding carboxylic acids is 2. The van der Waals surface area contributed by atoms with Crippen molar-refractivity contribution in [2.24, 2.45) is 5.73 Å². The van der Waals surface area contributed by atoms with E-state index in [-0.39, 0.29) is 11.8 Å². The number of nitrogens with one attached hydrogen (secondary N) is 2. The zero-order chi connectivity index (χ0) is 24.6. The number of nitrogens with zero attached hydrogens (tertiary/aromatic N) is 1. The number of benzene rings is 3. The fraction of sp³-hybridized carbons (Fsp3) is 0.148. The Bertz CT molecular complexity index is 1290. The minimum atomic E-state index is -0.922. The fourth-order valence-electron chi connectivity index (χ4n) is 3.50. The highest BCUT2D eigenvalue weighted by Gasteiger charge is 2.25. The van der Waals surface area contributed by atoms with Crippen LogP contribution >= 0.6 is 11.3 Å². The van der Waals surface area contributed by atoms with Gasteiger partial charge in [-0.3, -0.25) is 9.59 Å². The lowest BCUT2D eigenvalue weighted by Gasteiger charge is -2.19. The fourth-order valence-corrected chi connectivity index (χ4v) is 4.21. The minimum absolute atomic E-state index is 0.356. The topological polar surface area (TPSA) is 106 Å². The smallest absolute Gasteiger partial charge is 0.264 e. The van der Waals surface area contributed by atoms with Crippen LogP contribution in [0.4, 0.5) is 5.69 Å².